The van der Waals surface area contributed by atoms with Crippen molar-refractivity contribution in [1.82, 2.24) is 4.57 Å². The molecule has 58 valence electrons. The Morgan fingerprint density at radius 3 is 2.91 bits per heavy atom. The van der Waals surface area contributed by atoms with E-state index in [0.29, 0.717) is 9.11 Å². The average molecular weight is 232 g/mol. The highest BCUT2D eigenvalue weighted by Gasteiger charge is 1.99. The number of rotatable bonds is 1. The molecule has 0 unspecified atom stereocenters. The van der Waals surface area contributed by atoms with E-state index in [2.05, 4.69) is 22.5 Å². The molecule has 0 atom stereocenters. The molecule has 1 N–H and O–H groups in total. The summed E-state index contributed by atoms with van der Waals surface area (Å²) in [5.41, 5.74) is 0. The second-order valence-corrected chi connectivity index (χ2v) is 3.15. The third kappa shape index (κ3) is 1.52. The van der Waals surface area contributed by atoms with Gasteiger partial charge < -0.3 is 9.67 Å². The molecule has 1 aromatic rings. The Morgan fingerprint density at radius 1 is 1.73 bits per heavy atom. The molecule has 2 nitrogen and oxygen atoms in total. The smallest absolute Gasteiger partial charge is 0.165 e. The van der Waals surface area contributed by atoms with Crippen LogP contribution in [0.4, 0.5) is 0 Å². The molecule has 0 saturated heterocycles. The first-order valence-electron chi connectivity index (χ1n) is 2.89. The SMILES string of the molecule is C=Cn1ccc(Br)c(O)c1=S. The summed E-state index contributed by atoms with van der Waals surface area (Å²) in [7, 11) is 0. The van der Waals surface area contributed by atoms with Gasteiger partial charge in [-0.3, -0.25) is 0 Å². The van der Waals surface area contributed by atoms with Crippen LogP contribution < -0.4 is 0 Å². The van der Waals surface area contributed by atoms with Gasteiger partial charge >= 0.3 is 0 Å². The molecule has 11 heavy (non-hydrogen) atoms. The normalized spacial score (nSPS) is 9.55. The van der Waals surface area contributed by atoms with E-state index in [1.165, 1.54) is 6.20 Å². The van der Waals surface area contributed by atoms with E-state index in [0.717, 1.165) is 0 Å². The van der Waals surface area contributed by atoms with Crippen LogP contribution in [0.5, 0.6) is 5.75 Å². The molecule has 0 aliphatic rings. The summed E-state index contributed by atoms with van der Waals surface area (Å²) in [5.74, 6) is 0.0717. The standard InChI is InChI=1S/C7H6BrNOS/c1-2-9-4-3-5(8)6(10)7(9)11/h2-4,10H,1H2. The maximum absolute atomic E-state index is 9.30. The highest BCUT2D eigenvalue weighted by Crippen LogP contribution is 2.23. The highest BCUT2D eigenvalue weighted by molar-refractivity contribution is 9.10. The number of halogens is 1. The molecule has 0 bridgehead atoms. The molecule has 0 aromatic carbocycles. The lowest BCUT2D eigenvalue weighted by molar-refractivity contribution is 0.465. The Kier molecular flexibility index (Phi) is 2.46. The van der Waals surface area contributed by atoms with E-state index in [1.54, 1.807) is 16.8 Å². The molecular formula is C7H6BrNOS. The van der Waals surface area contributed by atoms with E-state index in [1.807, 2.05) is 0 Å². The predicted octanol–water partition coefficient (Wildman–Crippen LogP) is 2.79. The molecule has 1 rings (SSSR count). The van der Waals surface area contributed by atoms with Crippen LogP contribution in [0.15, 0.2) is 23.3 Å². The lowest BCUT2D eigenvalue weighted by Crippen LogP contribution is -1.88. The molecule has 1 heterocycles. The Bertz CT molecular complexity index is 345. The van der Waals surface area contributed by atoms with Gasteiger partial charge in [-0.25, -0.2) is 0 Å². The molecule has 0 saturated carbocycles. The largest absolute Gasteiger partial charge is 0.504 e. The van der Waals surface area contributed by atoms with Gasteiger partial charge in [-0.05, 0) is 22.0 Å². The Labute approximate surface area is 77.9 Å². The van der Waals surface area contributed by atoms with Gasteiger partial charge in [0.25, 0.3) is 0 Å². The summed E-state index contributed by atoms with van der Waals surface area (Å²) >= 11 is 8.04. The number of hydrogen-bond donors (Lipinski definition) is 1. The zero-order valence-corrected chi connectivity index (χ0v) is 8.02. The summed E-state index contributed by atoms with van der Waals surface area (Å²) < 4.78 is 2.52. The van der Waals surface area contributed by atoms with Crippen molar-refractivity contribution in [3.8, 4) is 5.75 Å². The van der Waals surface area contributed by atoms with E-state index < -0.39 is 0 Å². The Balaban J connectivity index is 3.49. The maximum atomic E-state index is 9.30. The maximum Gasteiger partial charge on any atom is 0.165 e. The highest BCUT2D eigenvalue weighted by atomic mass is 79.9. The average Bonchev–Trinajstić information content (AvgIpc) is 2.01. The lowest BCUT2D eigenvalue weighted by Gasteiger charge is -2.01. The van der Waals surface area contributed by atoms with Crippen molar-refractivity contribution < 1.29 is 5.11 Å². The van der Waals surface area contributed by atoms with Gasteiger partial charge in [0, 0.05) is 12.4 Å². The monoisotopic (exact) mass is 231 g/mol. The molecule has 0 radical (unpaired) electrons. The molecular weight excluding hydrogens is 226 g/mol. The topological polar surface area (TPSA) is 25.2 Å². The first-order valence-corrected chi connectivity index (χ1v) is 4.09. The van der Waals surface area contributed by atoms with Crippen molar-refractivity contribution in [3.63, 3.8) is 0 Å². The zero-order valence-electron chi connectivity index (χ0n) is 5.62. The minimum atomic E-state index is 0.0717. The molecule has 0 aliphatic heterocycles. The van der Waals surface area contributed by atoms with Crippen molar-refractivity contribution in [1.29, 1.82) is 0 Å². The van der Waals surface area contributed by atoms with Crippen LogP contribution >= 0.6 is 28.1 Å². The van der Waals surface area contributed by atoms with E-state index >= 15 is 0 Å². The van der Waals surface area contributed by atoms with Gasteiger partial charge in [-0.2, -0.15) is 0 Å². The van der Waals surface area contributed by atoms with Gasteiger partial charge in [0.05, 0.1) is 4.47 Å². The first-order chi connectivity index (χ1) is 5.16. The summed E-state index contributed by atoms with van der Waals surface area (Å²) in [4.78, 5) is 0. The second kappa shape index (κ2) is 3.19. The third-order valence-electron chi connectivity index (χ3n) is 1.24. The van der Waals surface area contributed by atoms with Crippen molar-refractivity contribution in [2.75, 3.05) is 0 Å². The van der Waals surface area contributed by atoms with Crippen LogP contribution in [0, 0.1) is 4.64 Å². The van der Waals surface area contributed by atoms with Gasteiger partial charge in [0.1, 0.15) is 0 Å². The summed E-state index contributed by atoms with van der Waals surface area (Å²) in [6, 6.07) is 1.70. The van der Waals surface area contributed by atoms with Crippen LogP contribution in [-0.2, 0) is 0 Å². The van der Waals surface area contributed by atoms with Crippen LogP contribution in [0.3, 0.4) is 0 Å². The fourth-order valence-corrected chi connectivity index (χ4v) is 1.34. The van der Waals surface area contributed by atoms with Crippen molar-refractivity contribution in [2.45, 2.75) is 0 Å². The summed E-state index contributed by atoms with van der Waals surface area (Å²) in [6.45, 7) is 3.53. The molecule has 0 fully saturated rings. The number of pyridine rings is 1. The fourth-order valence-electron chi connectivity index (χ4n) is 0.661. The molecule has 0 spiro atoms. The first kappa shape index (κ1) is 8.49. The van der Waals surface area contributed by atoms with Gasteiger partial charge in [0.2, 0.25) is 0 Å². The Hall–Kier alpha value is -0.610. The fraction of sp³-hybridized carbons (Fsp3) is 0. The number of nitrogens with zero attached hydrogens (tertiary/aromatic N) is 1. The Morgan fingerprint density at radius 2 is 2.36 bits per heavy atom. The number of aromatic nitrogens is 1. The number of hydrogen-bond acceptors (Lipinski definition) is 2. The van der Waals surface area contributed by atoms with Gasteiger partial charge in [0.15, 0.2) is 10.4 Å². The minimum Gasteiger partial charge on any atom is -0.504 e. The van der Waals surface area contributed by atoms with E-state index in [-0.39, 0.29) is 5.75 Å². The molecule has 4 heteroatoms. The molecule has 1 aromatic heterocycles. The quantitative estimate of drug-likeness (QED) is 0.753. The van der Waals surface area contributed by atoms with Crippen LogP contribution in [0.2, 0.25) is 0 Å². The summed E-state index contributed by atoms with van der Waals surface area (Å²) in [6.07, 6.45) is 3.26. The summed E-state index contributed by atoms with van der Waals surface area (Å²) in [5, 5.41) is 9.30. The van der Waals surface area contributed by atoms with E-state index in [4.69, 9.17) is 12.2 Å². The molecule has 0 amide bonds. The van der Waals surface area contributed by atoms with Crippen LogP contribution in [0.25, 0.3) is 6.20 Å². The van der Waals surface area contributed by atoms with E-state index in [9.17, 15) is 5.11 Å². The zero-order chi connectivity index (χ0) is 8.43. The van der Waals surface area contributed by atoms with Crippen molar-refractivity contribution in [3.05, 3.63) is 28.0 Å². The lowest BCUT2D eigenvalue weighted by atomic mass is 10.4. The van der Waals surface area contributed by atoms with Crippen LogP contribution in [-0.4, -0.2) is 9.67 Å². The van der Waals surface area contributed by atoms with Gasteiger partial charge in [-0.15, -0.1) is 0 Å². The predicted molar refractivity (Wildman–Crippen MR) is 51.0 cm³/mol. The number of aromatic hydroxyl groups is 1. The second-order valence-electron chi connectivity index (χ2n) is 1.91. The van der Waals surface area contributed by atoms with Crippen molar-refractivity contribution in [2.24, 2.45) is 0 Å². The molecule has 0 aliphatic carbocycles. The van der Waals surface area contributed by atoms with Crippen molar-refractivity contribution >= 4 is 34.3 Å². The minimum absolute atomic E-state index is 0.0717. The third-order valence-corrected chi connectivity index (χ3v) is 2.29. The van der Waals surface area contributed by atoms with Crippen LogP contribution in [0.1, 0.15) is 0 Å². The van der Waals surface area contributed by atoms with Gasteiger partial charge in [-0.1, -0.05) is 18.8 Å².